The number of hydrogen-bond donors (Lipinski definition) is 3. The zero-order valence-electron chi connectivity index (χ0n) is 17.5. The van der Waals surface area contributed by atoms with Crippen molar-refractivity contribution in [2.45, 2.75) is 26.3 Å². The van der Waals surface area contributed by atoms with Crippen LogP contribution in [0.25, 0.3) is 6.08 Å². The molecule has 0 aliphatic carbocycles. The fourth-order valence-corrected chi connectivity index (χ4v) is 2.88. The van der Waals surface area contributed by atoms with Crippen molar-refractivity contribution in [2.75, 3.05) is 7.11 Å². The van der Waals surface area contributed by atoms with Crippen LogP contribution >= 0.6 is 11.6 Å². The normalized spacial score (nSPS) is 12.2. The van der Waals surface area contributed by atoms with Crippen LogP contribution in [-0.4, -0.2) is 36.0 Å². The summed E-state index contributed by atoms with van der Waals surface area (Å²) in [7, 11) is 1.52. The Labute approximate surface area is 186 Å². The van der Waals surface area contributed by atoms with Crippen molar-refractivity contribution in [2.24, 2.45) is 5.92 Å². The fraction of sp³-hybridized carbons (Fsp3) is 0.261. The molecule has 0 bridgehead atoms. The minimum absolute atomic E-state index is 0.0546. The van der Waals surface area contributed by atoms with Crippen LogP contribution in [0.1, 0.15) is 36.2 Å². The Hall–Kier alpha value is -3.32. The first-order chi connectivity index (χ1) is 14.7. The van der Waals surface area contributed by atoms with E-state index in [9.17, 15) is 19.5 Å². The van der Waals surface area contributed by atoms with Crippen molar-refractivity contribution < 1.29 is 24.2 Å². The van der Waals surface area contributed by atoms with Gasteiger partial charge in [0.2, 0.25) is 0 Å². The summed E-state index contributed by atoms with van der Waals surface area (Å²) in [6, 6.07) is 11.9. The van der Waals surface area contributed by atoms with Crippen LogP contribution in [0.3, 0.4) is 0 Å². The quantitative estimate of drug-likeness (QED) is 0.511. The van der Waals surface area contributed by atoms with Crippen LogP contribution in [-0.2, 0) is 9.59 Å². The molecule has 2 aromatic rings. The van der Waals surface area contributed by atoms with E-state index in [0.717, 1.165) is 0 Å². The minimum atomic E-state index is -1.14. The van der Waals surface area contributed by atoms with E-state index in [1.165, 1.54) is 13.2 Å². The van der Waals surface area contributed by atoms with Crippen molar-refractivity contribution in [3.63, 3.8) is 0 Å². The van der Waals surface area contributed by atoms with E-state index in [-0.39, 0.29) is 18.0 Å². The molecule has 0 fully saturated rings. The van der Waals surface area contributed by atoms with Crippen molar-refractivity contribution >= 4 is 35.5 Å². The number of amides is 2. The molecular weight excluding hydrogens is 420 g/mol. The van der Waals surface area contributed by atoms with E-state index >= 15 is 0 Å². The molecule has 0 saturated heterocycles. The molecule has 2 amide bonds. The molecular formula is C23H25ClN2O5. The average Bonchev–Trinajstić information content (AvgIpc) is 2.73. The van der Waals surface area contributed by atoms with Crippen molar-refractivity contribution in [1.82, 2.24) is 10.6 Å². The zero-order valence-corrected chi connectivity index (χ0v) is 18.3. The van der Waals surface area contributed by atoms with Gasteiger partial charge in [-0.05, 0) is 60.4 Å². The highest BCUT2D eigenvalue weighted by atomic mass is 35.5. The minimum Gasteiger partial charge on any atom is -0.497 e. The van der Waals surface area contributed by atoms with E-state index in [1.807, 2.05) is 13.8 Å². The van der Waals surface area contributed by atoms with E-state index in [2.05, 4.69) is 10.6 Å². The van der Waals surface area contributed by atoms with Gasteiger partial charge in [-0.15, -0.1) is 0 Å². The molecule has 31 heavy (non-hydrogen) atoms. The van der Waals surface area contributed by atoms with Crippen LogP contribution in [0, 0.1) is 5.92 Å². The number of methoxy groups -OCH3 is 1. The predicted molar refractivity (Wildman–Crippen MR) is 119 cm³/mol. The maximum atomic E-state index is 12.9. The van der Waals surface area contributed by atoms with Gasteiger partial charge in [0.25, 0.3) is 11.8 Å². The van der Waals surface area contributed by atoms with Gasteiger partial charge < -0.3 is 20.5 Å². The van der Waals surface area contributed by atoms with Crippen molar-refractivity contribution in [1.29, 1.82) is 0 Å². The Morgan fingerprint density at radius 1 is 1.06 bits per heavy atom. The summed E-state index contributed by atoms with van der Waals surface area (Å²) in [5.41, 5.74) is 0.839. The molecule has 0 radical (unpaired) electrons. The van der Waals surface area contributed by atoms with E-state index in [4.69, 9.17) is 16.3 Å². The lowest BCUT2D eigenvalue weighted by atomic mass is 10.0. The highest BCUT2D eigenvalue weighted by molar-refractivity contribution is 6.30. The number of ether oxygens (including phenoxy) is 1. The summed E-state index contributed by atoms with van der Waals surface area (Å²) in [5, 5.41) is 15.0. The first-order valence-corrected chi connectivity index (χ1v) is 10.0. The second-order valence-corrected chi connectivity index (χ2v) is 7.72. The highest BCUT2D eigenvalue weighted by Gasteiger charge is 2.24. The summed E-state index contributed by atoms with van der Waals surface area (Å²) in [4.78, 5) is 37.1. The summed E-state index contributed by atoms with van der Waals surface area (Å²) in [6.45, 7) is 3.72. The van der Waals surface area contributed by atoms with Gasteiger partial charge in [-0.25, -0.2) is 4.79 Å². The van der Waals surface area contributed by atoms with Crippen LogP contribution in [0.4, 0.5) is 0 Å². The van der Waals surface area contributed by atoms with Crippen LogP contribution in [0.5, 0.6) is 5.75 Å². The molecule has 0 spiro atoms. The fourth-order valence-electron chi connectivity index (χ4n) is 2.75. The van der Waals surface area contributed by atoms with Crippen LogP contribution in [0.2, 0.25) is 5.02 Å². The number of carboxylic acids is 1. The van der Waals surface area contributed by atoms with Crippen LogP contribution in [0.15, 0.2) is 54.2 Å². The zero-order chi connectivity index (χ0) is 23.0. The van der Waals surface area contributed by atoms with Gasteiger partial charge in [0.05, 0.1) is 7.11 Å². The number of halogens is 1. The standard InChI is InChI=1S/C23H25ClN2O5/c1-14(2)12-20(23(29)30)26-22(28)19(13-15-4-8-17(24)9-5-15)25-21(27)16-6-10-18(31-3)11-7-16/h4-11,13-14,20H,12H2,1-3H3,(H,25,27)(H,26,28)(H,29,30)/b19-13+/t20-/m0/s1. The van der Waals surface area contributed by atoms with Crippen molar-refractivity contribution in [3.05, 3.63) is 70.4 Å². The largest absolute Gasteiger partial charge is 0.497 e. The lowest BCUT2D eigenvalue weighted by Crippen LogP contribution is -2.45. The Bertz CT molecular complexity index is 953. The summed E-state index contributed by atoms with van der Waals surface area (Å²) >= 11 is 5.91. The number of carboxylic acid groups (broad SMARTS) is 1. The Morgan fingerprint density at radius 3 is 2.19 bits per heavy atom. The Kier molecular flexibility index (Phi) is 8.63. The second kappa shape index (κ2) is 11.2. The molecule has 8 heteroatoms. The number of benzene rings is 2. The molecule has 1 atom stereocenters. The first kappa shape index (κ1) is 24.0. The summed E-state index contributed by atoms with van der Waals surface area (Å²) < 4.78 is 5.08. The van der Waals surface area contributed by atoms with Gasteiger partial charge in [-0.3, -0.25) is 9.59 Å². The van der Waals surface area contributed by atoms with Gasteiger partial charge >= 0.3 is 5.97 Å². The van der Waals surface area contributed by atoms with Gasteiger partial charge in [-0.1, -0.05) is 37.6 Å². The monoisotopic (exact) mass is 444 g/mol. The summed E-state index contributed by atoms with van der Waals surface area (Å²) in [6.07, 6.45) is 1.71. The number of rotatable bonds is 9. The predicted octanol–water partition coefficient (Wildman–Crippen LogP) is 3.74. The third-order valence-corrected chi connectivity index (χ3v) is 4.59. The molecule has 0 aliphatic heterocycles. The third kappa shape index (κ3) is 7.46. The highest BCUT2D eigenvalue weighted by Crippen LogP contribution is 2.15. The average molecular weight is 445 g/mol. The second-order valence-electron chi connectivity index (χ2n) is 7.29. The van der Waals surface area contributed by atoms with E-state index < -0.39 is 23.8 Å². The van der Waals surface area contributed by atoms with E-state index in [0.29, 0.717) is 21.9 Å². The van der Waals surface area contributed by atoms with Crippen LogP contribution < -0.4 is 15.4 Å². The van der Waals surface area contributed by atoms with E-state index in [1.54, 1.807) is 48.5 Å². The topological polar surface area (TPSA) is 105 Å². The molecule has 0 aromatic heterocycles. The lowest BCUT2D eigenvalue weighted by Gasteiger charge is -2.18. The number of carbonyl (C=O) groups excluding carboxylic acids is 2. The smallest absolute Gasteiger partial charge is 0.326 e. The summed E-state index contributed by atoms with van der Waals surface area (Å²) in [5.74, 6) is -1.73. The molecule has 2 aromatic carbocycles. The number of carbonyl (C=O) groups is 3. The Morgan fingerprint density at radius 2 is 1.68 bits per heavy atom. The SMILES string of the molecule is COc1ccc(C(=O)N/C(=C/c2ccc(Cl)cc2)C(=O)N[C@@H](CC(C)C)C(=O)O)cc1. The van der Waals surface area contributed by atoms with Gasteiger partial charge in [-0.2, -0.15) is 0 Å². The Balaban J connectivity index is 2.30. The third-order valence-electron chi connectivity index (χ3n) is 4.34. The first-order valence-electron chi connectivity index (χ1n) is 9.66. The molecule has 0 saturated carbocycles. The van der Waals surface area contributed by atoms with Gasteiger partial charge in [0, 0.05) is 10.6 Å². The van der Waals surface area contributed by atoms with Gasteiger partial charge in [0.1, 0.15) is 17.5 Å². The molecule has 7 nitrogen and oxygen atoms in total. The molecule has 3 N–H and O–H groups in total. The lowest BCUT2D eigenvalue weighted by molar-refractivity contribution is -0.141. The number of aliphatic carboxylic acids is 1. The number of hydrogen-bond acceptors (Lipinski definition) is 4. The number of nitrogens with one attached hydrogen (secondary N) is 2. The molecule has 2 rings (SSSR count). The molecule has 0 aliphatic rings. The van der Waals surface area contributed by atoms with Gasteiger partial charge in [0.15, 0.2) is 0 Å². The van der Waals surface area contributed by atoms with Crippen molar-refractivity contribution in [3.8, 4) is 5.75 Å². The molecule has 0 heterocycles. The molecule has 164 valence electrons. The maximum absolute atomic E-state index is 12.9. The molecule has 0 unspecified atom stereocenters. The maximum Gasteiger partial charge on any atom is 0.326 e.